The van der Waals surface area contributed by atoms with E-state index >= 15 is 0 Å². The number of hydrogen-bond acceptors (Lipinski definition) is 2. The molecule has 98 valence electrons. The Morgan fingerprint density at radius 1 is 1.44 bits per heavy atom. The van der Waals surface area contributed by atoms with E-state index in [1.807, 2.05) is 12.1 Å². The lowest BCUT2D eigenvalue weighted by molar-refractivity contribution is 0.152. The Morgan fingerprint density at radius 3 is 2.83 bits per heavy atom. The number of piperidine rings is 1. The van der Waals surface area contributed by atoms with Gasteiger partial charge in [-0.1, -0.05) is 33.6 Å². The van der Waals surface area contributed by atoms with Gasteiger partial charge in [0, 0.05) is 34.7 Å². The molecule has 2 bridgehead atoms. The van der Waals surface area contributed by atoms with Crippen molar-refractivity contribution < 1.29 is 0 Å². The highest BCUT2D eigenvalue weighted by Crippen LogP contribution is 2.43. The second-order valence-corrected chi connectivity index (χ2v) is 6.74. The minimum absolute atomic E-state index is 0.326. The zero-order valence-corrected chi connectivity index (χ0v) is 12.6. The van der Waals surface area contributed by atoms with Crippen LogP contribution in [0.4, 0.5) is 0 Å². The number of fused-ring (bicyclic) bond motifs is 2. The fourth-order valence-electron chi connectivity index (χ4n) is 3.56. The van der Waals surface area contributed by atoms with E-state index in [2.05, 4.69) is 26.9 Å². The number of hydrogen-bond donors (Lipinski definition) is 1. The van der Waals surface area contributed by atoms with Gasteiger partial charge in [0.1, 0.15) is 0 Å². The van der Waals surface area contributed by atoms with Gasteiger partial charge in [0.15, 0.2) is 0 Å². The summed E-state index contributed by atoms with van der Waals surface area (Å²) in [6.07, 6.45) is 4.11. The predicted molar refractivity (Wildman–Crippen MR) is 78.8 cm³/mol. The number of benzene rings is 1. The molecule has 1 aromatic carbocycles. The Labute approximate surface area is 122 Å². The molecule has 2 aliphatic rings. The van der Waals surface area contributed by atoms with E-state index in [-0.39, 0.29) is 0 Å². The van der Waals surface area contributed by atoms with Gasteiger partial charge in [-0.2, -0.15) is 0 Å². The van der Waals surface area contributed by atoms with E-state index in [1.165, 1.54) is 31.4 Å². The fraction of sp³-hybridized carbons (Fsp3) is 0.571. The first-order chi connectivity index (χ1) is 8.69. The third kappa shape index (κ3) is 2.22. The topological polar surface area (TPSA) is 29.3 Å². The van der Waals surface area contributed by atoms with Gasteiger partial charge in [-0.15, -0.1) is 0 Å². The highest BCUT2D eigenvalue weighted by atomic mass is 79.9. The summed E-state index contributed by atoms with van der Waals surface area (Å²) in [7, 11) is 0. The van der Waals surface area contributed by atoms with Crippen molar-refractivity contribution in [3.63, 3.8) is 0 Å². The predicted octanol–water partition coefficient (Wildman–Crippen LogP) is 3.59. The molecule has 4 heteroatoms. The minimum Gasteiger partial charge on any atom is -0.329 e. The van der Waals surface area contributed by atoms with Crippen LogP contribution in [-0.2, 0) is 0 Å². The van der Waals surface area contributed by atoms with E-state index in [9.17, 15) is 0 Å². The summed E-state index contributed by atoms with van der Waals surface area (Å²) in [6.45, 7) is 1.88. The number of nitrogens with two attached hydrogens (primary N) is 1. The quantitative estimate of drug-likeness (QED) is 0.918. The summed E-state index contributed by atoms with van der Waals surface area (Å²) in [6, 6.07) is 7.10. The maximum atomic E-state index is 6.03. The van der Waals surface area contributed by atoms with Crippen LogP contribution >= 0.6 is 27.5 Å². The van der Waals surface area contributed by atoms with E-state index in [4.69, 9.17) is 17.3 Å². The van der Waals surface area contributed by atoms with E-state index in [0.717, 1.165) is 21.5 Å². The normalized spacial score (nSPS) is 28.8. The Kier molecular flexibility index (Phi) is 3.68. The molecule has 2 fully saturated rings. The standard InChI is InChI=1S/C14H18BrClN2/c15-13-6-10(16)2-4-12(13)14(7-17)18-8-9-1-3-11(18)5-9/h2,4,6,9,11,14H,1,3,5,7-8,17H2. The van der Waals surface area contributed by atoms with Gasteiger partial charge in [0.05, 0.1) is 0 Å². The van der Waals surface area contributed by atoms with Crippen molar-refractivity contribution in [3.8, 4) is 0 Å². The largest absolute Gasteiger partial charge is 0.329 e. The highest BCUT2D eigenvalue weighted by molar-refractivity contribution is 9.10. The molecular formula is C14H18BrClN2. The monoisotopic (exact) mass is 328 g/mol. The summed E-state index contributed by atoms with van der Waals surface area (Å²) in [4.78, 5) is 2.60. The maximum Gasteiger partial charge on any atom is 0.0484 e. The van der Waals surface area contributed by atoms with Gasteiger partial charge in [-0.05, 0) is 42.9 Å². The SMILES string of the molecule is NCC(c1ccc(Cl)cc1Br)N1CC2CCC1C2. The first-order valence-corrected chi connectivity index (χ1v) is 7.77. The van der Waals surface area contributed by atoms with E-state index < -0.39 is 0 Å². The van der Waals surface area contributed by atoms with Crippen LogP contribution in [0.15, 0.2) is 22.7 Å². The van der Waals surface area contributed by atoms with Gasteiger partial charge in [-0.25, -0.2) is 0 Å². The van der Waals surface area contributed by atoms with Gasteiger partial charge >= 0.3 is 0 Å². The molecule has 2 nitrogen and oxygen atoms in total. The van der Waals surface area contributed by atoms with Crippen LogP contribution in [0, 0.1) is 5.92 Å². The molecule has 0 radical (unpaired) electrons. The smallest absolute Gasteiger partial charge is 0.0484 e. The Hall–Kier alpha value is -0.0900. The molecule has 3 atom stereocenters. The van der Waals surface area contributed by atoms with Crippen molar-refractivity contribution in [1.82, 2.24) is 4.90 Å². The van der Waals surface area contributed by atoms with Crippen molar-refractivity contribution in [2.24, 2.45) is 11.7 Å². The summed E-state index contributed by atoms with van der Waals surface area (Å²) in [5.41, 5.74) is 7.30. The Morgan fingerprint density at radius 2 is 2.28 bits per heavy atom. The second kappa shape index (κ2) is 5.12. The Bertz CT molecular complexity index is 451. The van der Waals surface area contributed by atoms with E-state index in [1.54, 1.807) is 0 Å². The van der Waals surface area contributed by atoms with Gasteiger partial charge in [0.2, 0.25) is 0 Å². The molecule has 1 saturated carbocycles. The van der Waals surface area contributed by atoms with Gasteiger partial charge in [-0.3, -0.25) is 4.90 Å². The van der Waals surface area contributed by atoms with Crippen LogP contribution in [-0.4, -0.2) is 24.0 Å². The molecule has 1 heterocycles. The lowest BCUT2D eigenvalue weighted by Gasteiger charge is -2.35. The lowest BCUT2D eigenvalue weighted by Crippen LogP contribution is -2.39. The van der Waals surface area contributed by atoms with Gasteiger partial charge in [0.25, 0.3) is 0 Å². The maximum absolute atomic E-state index is 6.03. The van der Waals surface area contributed by atoms with Crippen LogP contribution in [0.5, 0.6) is 0 Å². The van der Waals surface area contributed by atoms with Crippen LogP contribution in [0.2, 0.25) is 5.02 Å². The van der Waals surface area contributed by atoms with E-state index in [0.29, 0.717) is 12.6 Å². The van der Waals surface area contributed by atoms with Crippen molar-refractivity contribution >= 4 is 27.5 Å². The molecule has 0 amide bonds. The third-order valence-corrected chi connectivity index (χ3v) is 5.32. The van der Waals surface area contributed by atoms with Crippen LogP contribution in [0.25, 0.3) is 0 Å². The molecule has 1 aliphatic heterocycles. The van der Waals surface area contributed by atoms with Crippen LogP contribution in [0.3, 0.4) is 0 Å². The molecular weight excluding hydrogens is 312 g/mol. The molecule has 18 heavy (non-hydrogen) atoms. The van der Waals surface area contributed by atoms with Crippen LogP contribution in [0.1, 0.15) is 30.9 Å². The van der Waals surface area contributed by atoms with Crippen LogP contribution < -0.4 is 5.73 Å². The molecule has 3 rings (SSSR count). The highest BCUT2D eigenvalue weighted by Gasteiger charge is 2.41. The number of nitrogens with zero attached hydrogens (tertiary/aromatic N) is 1. The van der Waals surface area contributed by atoms with Crippen molar-refractivity contribution in [2.75, 3.05) is 13.1 Å². The third-order valence-electron chi connectivity index (χ3n) is 4.40. The lowest BCUT2D eigenvalue weighted by atomic mass is 10.0. The summed E-state index contributed by atoms with van der Waals surface area (Å²) in [5.74, 6) is 0.898. The number of rotatable bonds is 3. The number of halogens is 2. The van der Waals surface area contributed by atoms with Crippen molar-refractivity contribution in [2.45, 2.75) is 31.3 Å². The van der Waals surface area contributed by atoms with Gasteiger partial charge < -0.3 is 5.73 Å². The summed E-state index contributed by atoms with van der Waals surface area (Å²) >= 11 is 9.63. The Balaban J connectivity index is 1.88. The average Bonchev–Trinajstić information content (AvgIpc) is 2.95. The first-order valence-electron chi connectivity index (χ1n) is 6.60. The molecule has 2 N–H and O–H groups in total. The molecule has 1 aliphatic carbocycles. The molecule has 1 saturated heterocycles. The number of likely N-dealkylation sites (tertiary alicyclic amines) is 1. The van der Waals surface area contributed by atoms with Crippen molar-refractivity contribution in [3.05, 3.63) is 33.3 Å². The zero-order valence-electron chi connectivity index (χ0n) is 10.3. The zero-order chi connectivity index (χ0) is 12.7. The summed E-state index contributed by atoms with van der Waals surface area (Å²) < 4.78 is 1.08. The molecule has 0 spiro atoms. The molecule has 0 aromatic heterocycles. The minimum atomic E-state index is 0.326. The van der Waals surface area contributed by atoms with Crippen molar-refractivity contribution in [1.29, 1.82) is 0 Å². The molecule has 3 unspecified atom stereocenters. The molecule has 1 aromatic rings. The average molecular weight is 330 g/mol. The second-order valence-electron chi connectivity index (χ2n) is 5.45. The summed E-state index contributed by atoms with van der Waals surface area (Å²) in [5, 5.41) is 0.768. The first kappa shape index (κ1) is 12.9. The fourth-order valence-corrected chi connectivity index (χ4v) is 4.50.